The fourth-order valence-corrected chi connectivity index (χ4v) is 3.96. The monoisotopic (exact) mass is 300 g/mol. The van der Waals surface area contributed by atoms with E-state index in [1.807, 2.05) is 20.8 Å². The summed E-state index contributed by atoms with van der Waals surface area (Å²) in [5, 5.41) is 0. The van der Waals surface area contributed by atoms with Crippen molar-refractivity contribution >= 4 is 15.8 Å². The standard InChI is InChI=1S/C12H20N4O3S/c1-9-7-16(8-12(2,3)19-9)20(17,18)10-4-5-11(15-13)14-6-10/h4-6,9H,7-8,13H2,1-3H3,(H,14,15). The molecule has 0 amide bonds. The van der Waals surface area contributed by atoms with E-state index in [0.717, 1.165) is 0 Å². The molecule has 1 unspecified atom stereocenters. The van der Waals surface area contributed by atoms with Gasteiger partial charge < -0.3 is 10.2 Å². The van der Waals surface area contributed by atoms with Crippen molar-refractivity contribution in [1.82, 2.24) is 9.29 Å². The Balaban J connectivity index is 2.29. The maximum atomic E-state index is 12.6. The van der Waals surface area contributed by atoms with Gasteiger partial charge in [0, 0.05) is 19.3 Å². The van der Waals surface area contributed by atoms with Gasteiger partial charge in [-0.15, -0.1) is 0 Å². The number of pyridine rings is 1. The lowest BCUT2D eigenvalue weighted by molar-refractivity contribution is -0.109. The summed E-state index contributed by atoms with van der Waals surface area (Å²) in [7, 11) is -3.57. The van der Waals surface area contributed by atoms with Crippen LogP contribution in [-0.2, 0) is 14.8 Å². The van der Waals surface area contributed by atoms with Gasteiger partial charge in [0.1, 0.15) is 10.7 Å². The van der Waals surface area contributed by atoms with Gasteiger partial charge in [-0.2, -0.15) is 4.31 Å². The molecule has 3 N–H and O–H groups in total. The molecule has 1 aliphatic heterocycles. The molecule has 0 bridgehead atoms. The normalized spacial score (nSPS) is 23.5. The van der Waals surface area contributed by atoms with Crippen LogP contribution in [0.15, 0.2) is 23.2 Å². The predicted octanol–water partition coefficient (Wildman–Crippen LogP) is 0.555. The highest BCUT2D eigenvalue weighted by molar-refractivity contribution is 7.89. The lowest BCUT2D eigenvalue weighted by atomic mass is 10.1. The van der Waals surface area contributed by atoms with Crippen LogP contribution in [0.3, 0.4) is 0 Å². The Morgan fingerprint density at radius 1 is 1.50 bits per heavy atom. The molecule has 1 atom stereocenters. The Labute approximate surface area is 119 Å². The molecule has 2 heterocycles. The molecule has 0 saturated carbocycles. The Bertz CT molecular complexity index is 571. The zero-order valence-electron chi connectivity index (χ0n) is 11.8. The van der Waals surface area contributed by atoms with Crippen LogP contribution >= 0.6 is 0 Å². The second-order valence-electron chi connectivity index (χ2n) is 5.51. The zero-order chi connectivity index (χ0) is 15.0. The molecule has 0 spiro atoms. The van der Waals surface area contributed by atoms with Crippen molar-refractivity contribution < 1.29 is 13.2 Å². The molecule has 112 valence electrons. The molecule has 20 heavy (non-hydrogen) atoms. The third-order valence-corrected chi connectivity index (χ3v) is 4.86. The minimum absolute atomic E-state index is 0.147. The Morgan fingerprint density at radius 2 is 2.20 bits per heavy atom. The summed E-state index contributed by atoms with van der Waals surface area (Å²) in [6, 6.07) is 3.02. The van der Waals surface area contributed by atoms with Crippen molar-refractivity contribution in [3.05, 3.63) is 18.3 Å². The van der Waals surface area contributed by atoms with Crippen molar-refractivity contribution in [2.24, 2.45) is 5.84 Å². The molecule has 2 rings (SSSR count). The highest BCUT2D eigenvalue weighted by Crippen LogP contribution is 2.26. The van der Waals surface area contributed by atoms with E-state index in [2.05, 4.69) is 10.4 Å². The van der Waals surface area contributed by atoms with Crippen LogP contribution in [0.5, 0.6) is 0 Å². The number of nitrogens with zero attached hydrogens (tertiary/aromatic N) is 2. The number of hydrogen-bond acceptors (Lipinski definition) is 6. The summed E-state index contributed by atoms with van der Waals surface area (Å²) in [5.74, 6) is 5.63. The average molecular weight is 300 g/mol. The van der Waals surface area contributed by atoms with Crippen LogP contribution in [-0.4, -0.2) is 42.5 Å². The van der Waals surface area contributed by atoms with Gasteiger partial charge in [0.15, 0.2) is 0 Å². The van der Waals surface area contributed by atoms with Crippen LogP contribution in [0.25, 0.3) is 0 Å². The van der Waals surface area contributed by atoms with Gasteiger partial charge in [-0.3, -0.25) is 0 Å². The summed E-state index contributed by atoms with van der Waals surface area (Å²) in [4.78, 5) is 4.09. The van der Waals surface area contributed by atoms with E-state index in [1.54, 1.807) is 0 Å². The lowest BCUT2D eigenvalue weighted by Crippen LogP contribution is -2.53. The van der Waals surface area contributed by atoms with E-state index < -0.39 is 15.6 Å². The van der Waals surface area contributed by atoms with Crippen molar-refractivity contribution in [2.45, 2.75) is 37.4 Å². The van der Waals surface area contributed by atoms with Crippen LogP contribution in [0, 0.1) is 0 Å². The first-order valence-corrected chi connectivity index (χ1v) is 7.79. The van der Waals surface area contributed by atoms with Crippen LogP contribution in [0.1, 0.15) is 20.8 Å². The molecule has 7 nitrogen and oxygen atoms in total. The number of ether oxygens (including phenoxy) is 1. The Kier molecular flexibility index (Phi) is 4.01. The topological polar surface area (TPSA) is 97.6 Å². The molecule has 8 heteroatoms. The molecule has 0 aromatic carbocycles. The zero-order valence-corrected chi connectivity index (χ0v) is 12.6. The number of sulfonamides is 1. The predicted molar refractivity (Wildman–Crippen MR) is 75.4 cm³/mol. The van der Waals surface area contributed by atoms with Crippen molar-refractivity contribution in [2.75, 3.05) is 18.5 Å². The summed E-state index contributed by atoms with van der Waals surface area (Å²) in [6.45, 7) is 6.28. The summed E-state index contributed by atoms with van der Waals surface area (Å²) in [5.41, 5.74) is 1.86. The smallest absolute Gasteiger partial charge is 0.244 e. The average Bonchev–Trinajstić information content (AvgIpc) is 2.36. The molecular formula is C12H20N4O3S. The highest BCUT2D eigenvalue weighted by atomic mass is 32.2. The molecule has 1 aromatic rings. The number of hydrogen-bond donors (Lipinski definition) is 2. The minimum atomic E-state index is -3.57. The second kappa shape index (κ2) is 5.28. The number of hydrazine groups is 1. The number of anilines is 1. The number of nitrogen functional groups attached to an aromatic ring is 1. The van der Waals surface area contributed by atoms with Crippen LogP contribution in [0.4, 0.5) is 5.82 Å². The first-order valence-electron chi connectivity index (χ1n) is 6.35. The molecule has 1 aromatic heterocycles. The van der Waals surface area contributed by atoms with Gasteiger partial charge in [0.25, 0.3) is 0 Å². The van der Waals surface area contributed by atoms with Gasteiger partial charge in [0.05, 0.1) is 11.7 Å². The number of morpholine rings is 1. The molecule has 1 fully saturated rings. The molecule has 0 radical (unpaired) electrons. The van der Waals surface area contributed by atoms with E-state index in [1.165, 1.54) is 22.6 Å². The SMILES string of the molecule is CC1CN(S(=O)(=O)c2ccc(NN)nc2)CC(C)(C)O1. The van der Waals surface area contributed by atoms with Gasteiger partial charge in [0.2, 0.25) is 10.0 Å². The van der Waals surface area contributed by atoms with Crippen molar-refractivity contribution in [3.63, 3.8) is 0 Å². The summed E-state index contributed by atoms with van der Waals surface area (Å²) < 4.78 is 32.4. The van der Waals surface area contributed by atoms with Crippen LogP contribution < -0.4 is 11.3 Å². The first-order chi connectivity index (χ1) is 9.24. The fraction of sp³-hybridized carbons (Fsp3) is 0.583. The van der Waals surface area contributed by atoms with Crippen molar-refractivity contribution in [1.29, 1.82) is 0 Å². The quantitative estimate of drug-likeness (QED) is 0.625. The maximum absolute atomic E-state index is 12.6. The minimum Gasteiger partial charge on any atom is -0.370 e. The largest absolute Gasteiger partial charge is 0.370 e. The third kappa shape index (κ3) is 3.09. The van der Waals surface area contributed by atoms with Gasteiger partial charge in [-0.25, -0.2) is 19.2 Å². The van der Waals surface area contributed by atoms with E-state index in [9.17, 15) is 8.42 Å². The van der Waals surface area contributed by atoms with E-state index >= 15 is 0 Å². The lowest BCUT2D eigenvalue weighted by Gasteiger charge is -2.40. The molecule has 1 aliphatic rings. The second-order valence-corrected chi connectivity index (χ2v) is 7.45. The van der Waals surface area contributed by atoms with Gasteiger partial charge in [-0.05, 0) is 32.9 Å². The number of nitrogens with one attached hydrogen (secondary N) is 1. The number of nitrogens with two attached hydrogens (primary N) is 1. The molecule has 0 aliphatic carbocycles. The third-order valence-electron chi connectivity index (χ3n) is 3.06. The first kappa shape index (κ1) is 15.2. The summed E-state index contributed by atoms with van der Waals surface area (Å²) in [6.07, 6.45) is 1.16. The Morgan fingerprint density at radius 3 is 2.70 bits per heavy atom. The van der Waals surface area contributed by atoms with Crippen molar-refractivity contribution in [3.8, 4) is 0 Å². The highest BCUT2D eigenvalue weighted by Gasteiger charge is 2.37. The number of rotatable bonds is 3. The molecule has 1 saturated heterocycles. The van der Waals surface area contributed by atoms with E-state index in [4.69, 9.17) is 10.6 Å². The van der Waals surface area contributed by atoms with E-state index in [0.29, 0.717) is 18.9 Å². The number of aromatic nitrogens is 1. The maximum Gasteiger partial charge on any atom is 0.244 e. The van der Waals surface area contributed by atoms with Gasteiger partial charge in [-0.1, -0.05) is 0 Å². The summed E-state index contributed by atoms with van der Waals surface area (Å²) >= 11 is 0. The molecular weight excluding hydrogens is 280 g/mol. The fourth-order valence-electron chi connectivity index (χ4n) is 2.35. The van der Waals surface area contributed by atoms with E-state index in [-0.39, 0.29) is 11.0 Å². The Hall–Kier alpha value is -1.22. The van der Waals surface area contributed by atoms with Gasteiger partial charge >= 0.3 is 0 Å². The van der Waals surface area contributed by atoms with Crippen LogP contribution in [0.2, 0.25) is 0 Å².